The maximum absolute atomic E-state index is 5.45. The van der Waals surface area contributed by atoms with Gasteiger partial charge in [0.1, 0.15) is 0 Å². The van der Waals surface area contributed by atoms with Crippen molar-refractivity contribution in [2.45, 2.75) is 189 Å². The predicted molar refractivity (Wildman–Crippen MR) is 230 cm³/mol. The fraction of sp³-hybridized carbons (Fsp3) is 0.580. The van der Waals surface area contributed by atoms with Gasteiger partial charge >= 0.3 is 0 Å². The molecule has 0 aliphatic heterocycles. The van der Waals surface area contributed by atoms with E-state index in [1.165, 1.54) is 168 Å². The van der Waals surface area contributed by atoms with E-state index in [0.29, 0.717) is 0 Å². The van der Waals surface area contributed by atoms with Gasteiger partial charge in [0.25, 0.3) is 0 Å². The monoisotopic (exact) mass is 690 g/mol. The Labute approximate surface area is 315 Å². The standard InChI is InChI=1S/C50H75N/c1-7-12-16-20-21-28-34-48-46(33-25-19-15-10-4)39-47(40-49(48)44-30-26-22-27-31-44)51-50(11-5)41(6)37-42-35-36-43(29-23-17-13-8-2)45(38-42)32-24-18-14-9-3/h22,26-27,30-31,35-40H,7-21,23-25,28-29,32-34H2,1-6H3. The Morgan fingerprint density at radius 3 is 1.65 bits per heavy atom. The van der Waals surface area contributed by atoms with Crippen molar-refractivity contribution in [2.24, 2.45) is 4.99 Å². The van der Waals surface area contributed by atoms with E-state index in [9.17, 15) is 0 Å². The van der Waals surface area contributed by atoms with Gasteiger partial charge in [-0.1, -0.05) is 179 Å². The van der Waals surface area contributed by atoms with Crippen LogP contribution >= 0.6 is 0 Å². The first-order chi connectivity index (χ1) is 25.0. The van der Waals surface area contributed by atoms with Crippen LogP contribution in [-0.4, -0.2) is 5.71 Å². The van der Waals surface area contributed by atoms with Gasteiger partial charge in [-0.15, -0.1) is 0 Å². The molecule has 0 aromatic heterocycles. The van der Waals surface area contributed by atoms with Gasteiger partial charge in [0.15, 0.2) is 0 Å². The Hall–Kier alpha value is -2.93. The molecule has 280 valence electrons. The number of benzene rings is 3. The summed E-state index contributed by atoms with van der Waals surface area (Å²) in [5.74, 6) is 0. The summed E-state index contributed by atoms with van der Waals surface area (Å²) < 4.78 is 0. The molecular formula is C50H75N. The summed E-state index contributed by atoms with van der Waals surface area (Å²) in [7, 11) is 0. The second-order valence-corrected chi connectivity index (χ2v) is 15.2. The van der Waals surface area contributed by atoms with E-state index in [-0.39, 0.29) is 0 Å². The molecule has 1 nitrogen and oxygen atoms in total. The van der Waals surface area contributed by atoms with Gasteiger partial charge < -0.3 is 0 Å². The quantitative estimate of drug-likeness (QED) is 0.0558. The Morgan fingerprint density at radius 2 is 1.04 bits per heavy atom. The molecule has 0 bridgehead atoms. The van der Waals surface area contributed by atoms with Crippen LogP contribution in [0.4, 0.5) is 5.69 Å². The number of unbranched alkanes of at least 4 members (excludes halogenated alkanes) is 14. The van der Waals surface area contributed by atoms with Crippen LogP contribution in [0, 0.1) is 0 Å². The number of rotatable bonds is 27. The van der Waals surface area contributed by atoms with Crippen molar-refractivity contribution in [3.8, 4) is 11.1 Å². The molecule has 51 heavy (non-hydrogen) atoms. The normalized spacial score (nSPS) is 12.2. The third-order valence-corrected chi connectivity index (χ3v) is 10.8. The highest BCUT2D eigenvalue weighted by atomic mass is 14.7. The van der Waals surface area contributed by atoms with Gasteiger partial charge in [-0.25, -0.2) is 0 Å². The molecule has 1 heteroatoms. The Bertz CT molecular complexity index is 1420. The molecule has 0 spiro atoms. The summed E-state index contributed by atoms with van der Waals surface area (Å²) in [4.78, 5) is 5.45. The van der Waals surface area contributed by atoms with Crippen LogP contribution in [0.15, 0.2) is 71.2 Å². The first kappa shape index (κ1) is 42.5. The highest BCUT2D eigenvalue weighted by molar-refractivity contribution is 6.04. The smallest absolute Gasteiger partial charge is 0.0642 e. The molecule has 0 fully saturated rings. The van der Waals surface area contributed by atoms with E-state index < -0.39 is 0 Å². The van der Waals surface area contributed by atoms with Crippen molar-refractivity contribution in [1.82, 2.24) is 0 Å². The van der Waals surface area contributed by atoms with Gasteiger partial charge in [0, 0.05) is 5.71 Å². The summed E-state index contributed by atoms with van der Waals surface area (Å²) in [5.41, 5.74) is 13.9. The van der Waals surface area contributed by atoms with Crippen LogP contribution in [0.2, 0.25) is 0 Å². The molecule has 0 radical (unpaired) electrons. The summed E-state index contributed by atoms with van der Waals surface area (Å²) in [6.07, 6.45) is 31.8. The van der Waals surface area contributed by atoms with Gasteiger partial charge in [-0.2, -0.15) is 0 Å². The highest BCUT2D eigenvalue weighted by Gasteiger charge is 2.14. The van der Waals surface area contributed by atoms with Crippen LogP contribution in [0.3, 0.4) is 0 Å². The lowest BCUT2D eigenvalue weighted by molar-refractivity contribution is 0.605. The summed E-state index contributed by atoms with van der Waals surface area (Å²) in [6.45, 7) is 13.8. The zero-order valence-electron chi connectivity index (χ0n) is 34.1. The van der Waals surface area contributed by atoms with E-state index in [1.54, 1.807) is 16.7 Å². The largest absolute Gasteiger partial charge is 0.253 e. The fourth-order valence-electron chi connectivity index (χ4n) is 7.63. The van der Waals surface area contributed by atoms with Crippen molar-refractivity contribution in [3.05, 3.63) is 94.1 Å². The lowest BCUT2D eigenvalue weighted by atomic mass is 9.88. The van der Waals surface area contributed by atoms with Crippen molar-refractivity contribution < 1.29 is 0 Å². The summed E-state index contributed by atoms with van der Waals surface area (Å²) in [5, 5.41) is 0. The molecule has 0 heterocycles. The Balaban J connectivity index is 1.97. The molecule has 0 saturated heterocycles. The van der Waals surface area contributed by atoms with Crippen molar-refractivity contribution in [3.63, 3.8) is 0 Å². The second-order valence-electron chi connectivity index (χ2n) is 15.2. The zero-order chi connectivity index (χ0) is 36.5. The van der Waals surface area contributed by atoms with Crippen LogP contribution in [0.5, 0.6) is 0 Å². The van der Waals surface area contributed by atoms with E-state index in [2.05, 4.69) is 108 Å². The molecule has 0 aliphatic carbocycles. The first-order valence-corrected chi connectivity index (χ1v) is 21.6. The van der Waals surface area contributed by atoms with Crippen molar-refractivity contribution in [2.75, 3.05) is 0 Å². The molecule has 0 atom stereocenters. The molecule has 0 amide bonds. The van der Waals surface area contributed by atoms with Crippen LogP contribution in [0.1, 0.15) is 191 Å². The van der Waals surface area contributed by atoms with Crippen LogP contribution < -0.4 is 0 Å². The van der Waals surface area contributed by atoms with Gasteiger partial charge in [0.2, 0.25) is 0 Å². The molecule has 3 aromatic rings. The molecule has 3 rings (SSSR count). The minimum Gasteiger partial charge on any atom is -0.253 e. The topological polar surface area (TPSA) is 12.4 Å². The zero-order valence-corrected chi connectivity index (χ0v) is 34.1. The Kier molecular flexibility index (Phi) is 21.6. The number of hydrogen-bond donors (Lipinski definition) is 0. The summed E-state index contributed by atoms with van der Waals surface area (Å²) >= 11 is 0. The lowest BCUT2D eigenvalue weighted by Crippen LogP contribution is -2.02. The number of hydrogen-bond acceptors (Lipinski definition) is 1. The van der Waals surface area contributed by atoms with Gasteiger partial charge in [-0.05, 0) is 121 Å². The highest BCUT2D eigenvalue weighted by Crippen LogP contribution is 2.34. The average molecular weight is 690 g/mol. The molecule has 0 saturated carbocycles. The van der Waals surface area contributed by atoms with E-state index in [0.717, 1.165) is 18.5 Å². The van der Waals surface area contributed by atoms with E-state index in [1.807, 2.05) is 0 Å². The first-order valence-electron chi connectivity index (χ1n) is 21.6. The van der Waals surface area contributed by atoms with Crippen LogP contribution in [-0.2, 0) is 25.7 Å². The van der Waals surface area contributed by atoms with Gasteiger partial charge in [-0.3, -0.25) is 4.99 Å². The third-order valence-electron chi connectivity index (χ3n) is 10.8. The number of aliphatic imine (C=N–C) groups is 1. The molecule has 3 aromatic carbocycles. The van der Waals surface area contributed by atoms with Crippen molar-refractivity contribution in [1.29, 1.82) is 0 Å². The maximum Gasteiger partial charge on any atom is 0.0642 e. The molecule has 0 aliphatic rings. The number of nitrogens with zero attached hydrogens (tertiary/aromatic N) is 1. The van der Waals surface area contributed by atoms with Gasteiger partial charge in [0.05, 0.1) is 5.69 Å². The lowest BCUT2D eigenvalue weighted by Gasteiger charge is -2.18. The number of aryl methyl sites for hydroxylation is 3. The minimum atomic E-state index is 0.924. The minimum absolute atomic E-state index is 0.924. The van der Waals surface area contributed by atoms with Crippen molar-refractivity contribution >= 4 is 17.5 Å². The molecule has 0 unspecified atom stereocenters. The fourth-order valence-corrected chi connectivity index (χ4v) is 7.63. The predicted octanol–water partition coefficient (Wildman–Crippen LogP) is 16.2. The average Bonchev–Trinajstić information content (AvgIpc) is 3.15. The van der Waals surface area contributed by atoms with E-state index in [4.69, 9.17) is 4.99 Å². The second kappa shape index (κ2) is 25.9. The number of allylic oxidation sites excluding steroid dienone is 1. The maximum atomic E-state index is 5.45. The molecule has 0 N–H and O–H groups in total. The Morgan fingerprint density at radius 1 is 0.510 bits per heavy atom. The third kappa shape index (κ3) is 15.7. The SMILES string of the molecule is CCCCCCCCc1c(CCCCCC)cc(N=C(CC)C(C)=Cc2ccc(CCCCCC)c(CCCCCC)c2)cc1-c1ccccc1. The molecular weight excluding hydrogens is 615 g/mol. The van der Waals surface area contributed by atoms with Crippen LogP contribution in [0.25, 0.3) is 17.2 Å². The van der Waals surface area contributed by atoms with E-state index >= 15 is 0 Å². The summed E-state index contributed by atoms with van der Waals surface area (Å²) in [6, 6.07) is 23.3.